The molecule has 0 fully saturated rings. The van der Waals surface area contributed by atoms with Gasteiger partial charge in [0.25, 0.3) is 0 Å². The normalized spacial score (nSPS) is 13.3. The number of rotatable bonds is 12. The van der Waals surface area contributed by atoms with Crippen LogP contribution in [-0.4, -0.2) is 63.9 Å². The number of hydrogen-bond acceptors (Lipinski definition) is 6. The van der Waals surface area contributed by atoms with Crippen LogP contribution in [0.3, 0.4) is 0 Å². The quantitative estimate of drug-likeness (QED) is 0.298. The first kappa shape index (κ1) is 32.2. The molecule has 0 saturated carbocycles. The summed E-state index contributed by atoms with van der Waals surface area (Å²) in [6, 6.07) is 10.6. The Morgan fingerprint density at radius 1 is 1.05 bits per heavy atom. The van der Waals surface area contributed by atoms with Crippen LogP contribution in [0.25, 0.3) is 0 Å². The summed E-state index contributed by atoms with van der Waals surface area (Å²) in [7, 11) is 0. The third kappa shape index (κ3) is 9.93. The molecule has 4 N–H and O–H groups in total. The molecule has 3 unspecified atom stereocenters. The largest absolute Gasteiger partial charge is 0.508 e. The maximum atomic E-state index is 14.1. The minimum atomic E-state index is -1.14. The Balaban J connectivity index is 2.53. The summed E-state index contributed by atoms with van der Waals surface area (Å²) in [5, 5.41) is 25.3. The van der Waals surface area contributed by atoms with Crippen LogP contribution < -0.4 is 10.6 Å². The molecule has 2 rings (SSSR count). The van der Waals surface area contributed by atoms with Crippen molar-refractivity contribution in [3.63, 3.8) is 0 Å². The van der Waals surface area contributed by atoms with Gasteiger partial charge in [0, 0.05) is 24.6 Å². The molecule has 0 radical (unpaired) electrons. The van der Waals surface area contributed by atoms with Gasteiger partial charge in [0.2, 0.25) is 11.8 Å². The molecular formula is C31H41N3O6. The lowest BCUT2D eigenvalue weighted by Crippen LogP contribution is -2.55. The molecule has 40 heavy (non-hydrogen) atoms. The molecule has 2 aromatic rings. The predicted octanol–water partition coefficient (Wildman–Crippen LogP) is 3.68. The first-order chi connectivity index (χ1) is 18.9. The maximum Gasteiger partial charge on any atom is 0.408 e. The minimum absolute atomic E-state index is 0.0525. The fourth-order valence-corrected chi connectivity index (χ4v) is 4.25. The van der Waals surface area contributed by atoms with Gasteiger partial charge in [0.05, 0.1) is 6.61 Å². The van der Waals surface area contributed by atoms with Crippen molar-refractivity contribution in [3.8, 4) is 18.1 Å². The van der Waals surface area contributed by atoms with Crippen molar-refractivity contribution >= 4 is 17.9 Å². The Kier molecular flexibility index (Phi) is 12.0. The number of nitrogens with zero attached hydrogens (tertiary/aromatic N) is 1. The predicted molar refractivity (Wildman–Crippen MR) is 153 cm³/mol. The van der Waals surface area contributed by atoms with Crippen molar-refractivity contribution in [1.29, 1.82) is 0 Å². The molecule has 0 aliphatic rings. The lowest BCUT2D eigenvalue weighted by atomic mass is 9.99. The van der Waals surface area contributed by atoms with Crippen molar-refractivity contribution < 1.29 is 29.3 Å². The Bertz CT molecular complexity index is 1170. The maximum absolute atomic E-state index is 14.1. The second kappa shape index (κ2) is 14.9. The van der Waals surface area contributed by atoms with Crippen LogP contribution in [0.1, 0.15) is 70.2 Å². The van der Waals surface area contributed by atoms with Crippen LogP contribution in [0.2, 0.25) is 0 Å². The Morgan fingerprint density at radius 3 is 2.20 bits per heavy atom. The van der Waals surface area contributed by atoms with E-state index in [1.807, 2.05) is 13.8 Å². The van der Waals surface area contributed by atoms with E-state index in [0.717, 1.165) is 12.8 Å². The molecule has 0 aromatic heterocycles. The highest BCUT2D eigenvalue weighted by Crippen LogP contribution is 2.24. The van der Waals surface area contributed by atoms with Gasteiger partial charge in [-0.05, 0) is 69.5 Å². The second-order valence-corrected chi connectivity index (χ2v) is 10.7. The third-order valence-corrected chi connectivity index (χ3v) is 6.05. The lowest BCUT2D eigenvalue weighted by molar-refractivity contribution is -0.143. The average molecular weight is 552 g/mol. The molecular weight excluding hydrogens is 510 g/mol. The number of aliphatic hydroxyl groups excluding tert-OH is 1. The zero-order valence-electron chi connectivity index (χ0n) is 23.9. The van der Waals surface area contributed by atoms with Gasteiger partial charge < -0.3 is 30.5 Å². The molecule has 3 amide bonds. The monoisotopic (exact) mass is 551 g/mol. The summed E-state index contributed by atoms with van der Waals surface area (Å²) in [5.41, 5.74) is 0.964. The van der Waals surface area contributed by atoms with E-state index in [0.29, 0.717) is 16.7 Å². The van der Waals surface area contributed by atoms with E-state index in [-0.39, 0.29) is 24.8 Å². The van der Waals surface area contributed by atoms with Crippen molar-refractivity contribution in [3.05, 3.63) is 65.2 Å². The van der Waals surface area contributed by atoms with Crippen LogP contribution in [0.5, 0.6) is 5.75 Å². The fraction of sp³-hybridized carbons (Fsp3) is 0.452. The summed E-state index contributed by atoms with van der Waals surface area (Å²) in [4.78, 5) is 41.8. The molecule has 9 nitrogen and oxygen atoms in total. The molecule has 0 aliphatic heterocycles. The summed E-state index contributed by atoms with van der Waals surface area (Å²) >= 11 is 0. The van der Waals surface area contributed by atoms with Crippen LogP contribution >= 0.6 is 0 Å². The number of phenolic OH excluding ortho intramolecular Hbond substituents is 1. The van der Waals surface area contributed by atoms with E-state index in [2.05, 4.69) is 16.6 Å². The summed E-state index contributed by atoms with van der Waals surface area (Å²) < 4.78 is 5.40. The van der Waals surface area contributed by atoms with E-state index >= 15 is 0 Å². The number of aromatic hydroxyl groups is 1. The van der Waals surface area contributed by atoms with Gasteiger partial charge in [-0.1, -0.05) is 43.5 Å². The van der Waals surface area contributed by atoms with Gasteiger partial charge >= 0.3 is 6.09 Å². The van der Waals surface area contributed by atoms with E-state index in [9.17, 15) is 24.6 Å². The first-order valence-electron chi connectivity index (χ1n) is 13.4. The van der Waals surface area contributed by atoms with Crippen molar-refractivity contribution in [2.75, 3.05) is 13.2 Å². The van der Waals surface area contributed by atoms with Crippen molar-refractivity contribution in [2.45, 2.75) is 77.6 Å². The molecule has 9 heteroatoms. The zero-order chi connectivity index (χ0) is 29.9. The molecule has 0 heterocycles. The molecule has 3 atom stereocenters. The molecule has 0 aliphatic carbocycles. The Morgan fingerprint density at radius 2 is 1.68 bits per heavy atom. The number of carbonyl (C=O) groups is 3. The molecule has 216 valence electrons. The molecule has 2 aromatic carbocycles. The number of aliphatic hydroxyl groups is 1. The van der Waals surface area contributed by atoms with Crippen LogP contribution in [0.4, 0.5) is 4.79 Å². The number of benzene rings is 2. The zero-order valence-corrected chi connectivity index (χ0v) is 23.9. The standard InChI is InChI=1S/C31H41N3O6/c1-7-9-21(3)32-28(37)27(24-14-10-22(8-2)11-15-24)34(18-19-35)29(38)26(33-30(39)40-31(4,5)6)20-23-12-16-25(36)17-13-23/h2,10-17,21,26-27,35-36H,7,9,18-20H2,1,3-6H3,(H,32,37)(H,33,39). The Hall–Kier alpha value is -4.03. The summed E-state index contributed by atoms with van der Waals surface area (Å²) in [6.45, 7) is 8.43. The van der Waals surface area contributed by atoms with E-state index in [4.69, 9.17) is 11.2 Å². The fourth-order valence-electron chi connectivity index (χ4n) is 4.25. The number of carbonyl (C=O) groups excluding carboxylic acids is 3. The van der Waals surface area contributed by atoms with E-state index in [1.165, 1.54) is 17.0 Å². The highest BCUT2D eigenvalue weighted by molar-refractivity contribution is 5.92. The summed E-state index contributed by atoms with van der Waals surface area (Å²) in [5.74, 6) is 1.59. The van der Waals surface area contributed by atoms with Gasteiger partial charge in [0.15, 0.2) is 0 Å². The van der Waals surface area contributed by atoms with Crippen LogP contribution in [0.15, 0.2) is 48.5 Å². The van der Waals surface area contributed by atoms with Gasteiger partial charge in [-0.25, -0.2) is 4.79 Å². The topological polar surface area (TPSA) is 128 Å². The van der Waals surface area contributed by atoms with Crippen LogP contribution in [0, 0.1) is 12.3 Å². The number of phenols is 1. The summed E-state index contributed by atoms with van der Waals surface area (Å²) in [6.07, 6.45) is 6.36. The molecule has 0 saturated heterocycles. The average Bonchev–Trinajstić information content (AvgIpc) is 2.88. The highest BCUT2D eigenvalue weighted by atomic mass is 16.6. The number of ether oxygens (including phenoxy) is 1. The van der Waals surface area contributed by atoms with Crippen molar-refractivity contribution in [2.24, 2.45) is 0 Å². The van der Waals surface area contributed by atoms with Crippen molar-refractivity contribution in [1.82, 2.24) is 15.5 Å². The second-order valence-electron chi connectivity index (χ2n) is 10.7. The Labute approximate surface area is 236 Å². The lowest BCUT2D eigenvalue weighted by Gasteiger charge is -2.34. The van der Waals surface area contributed by atoms with Gasteiger partial charge in [0.1, 0.15) is 23.4 Å². The first-order valence-corrected chi connectivity index (χ1v) is 13.4. The number of hydrogen-bond donors (Lipinski definition) is 4. The van der Waals surface area contributed by atoms with Gasteiger partial charge in [-0.15, -0.1) is 6.42 Å². The molecule has 0 bridgehead atoms. The number of terminal acetylenes is 1. The molecule has 0 spiro atoms. The number of amides is 3. The minimum Gasteiger partial charge on any atom is -0.508 e. The van der Waals surface area contributed by atoms with Gasteiger partial charge in [-0.2, -0.15) is 0 Å². The van der Waals surface area contributed by atoms with E-state index < -0.39 is 42.2 Å². The van der Waals surface area contributed by atoms with Gasteiger partial charge in [-0.3, -0.25) is 9.59 Å². The highest BCUT2D eigenvalue weighted by Gasteiger charge is 2.36. The number of alkyl carbamates (subject to hydrolysis) is 1. The third-order valence-electron chi connectivity index (χ3n) is 6.05. The van der Waals surface area contributed by atoms with Crippen LogP contribution in [-0.2, 0) is 20.7 Å². The SMILES string of the molecule is C#Cc1ccc(C(C(=O)NC(C)CCC)N(CCO)C(=O)C(Cc2ccc(O)cc2)NC(=O)OC(C)(C)C)cc1. The smallest absolute Gasteiger partial charge is 0.408 e. The van der Waals surface area contributed by atoms with E-state index in [1.54, 1.807) is 57.2 Å². The number of nitrogens with one attached hydrogen (secondary N) is 2.